The summed E-state index contributed by atoms with van der Waals surface area (Å²) in [7, 11) is -10.7. The number of nitrogens with zero attached hydrogens (tertiary/aromatic N) is 7. The summed E-state index contributed by atoms with van der Waals surface area (Å²) in [6, 6.07) is 47.2. The smallest absolute Gasteiger partial charge is 0.370 e. The normalized spacial score (nSPS) is 25.3. The average Bonchev–Trinajstić information content (AvgIpc) is 3.78. The topological polar surface area (TPSA) is 106 Å². The van der Waals surface area contributed by atoms with E-state index in [1.807, 2.05) is 155 Å². The largest absolute Gasteiger partial charge is 0.424 e. The molecule has 246 valence electrons. The van der Waals surface area contributed by atoms with E-state index >= 15 is 0 Å². The van der Waals surface area contributed by atoms with Gasteiger partial charge >= 0.3 is 22.8 Å². The van der Waals surface area contributed by atoms with E-state index in [0.29, 0.717) is 23.1 Å². The average molecular weight is 716 g/mol. The summed E-state index contributed by atoms with van der Waals surface area (Å²) in [5.41, 5.74) is 3.45. The molecule has 0 radical (unpaired) electrons. The lowest BCUT2D eigenvalue weighted by Crippen LogP contribution is -2.16. The molecule has 0 saturated carbocycles. The van der Waals surface area contributed by atoms with Crippen molar-refractivity contribution in [1.82, 2.24) is 9.97 Å². The Labute approximate surface area is 288 Å². The lowest BCUT2D eigenvalue weighted by atomic mass is 9.99. The Morgan fingerprint density at radius 3 is 1.36 bits per heavy atom. The zero-order chi connectivity index (χ0) is 33.2. The molecule has 0 unspecified atom stereocenters. The monoisotopic (exact) mass is 715 g/mol. The zero-order valence-corrected chi connectivity index (χ0v) is 29.0. The Balaban J connectivity index is 1.29. The van der Waals surface area contributed by atoms with Crippen molar-refractivity contribution in [3.8, 4) is 11.5 Å². The van der Waals surface area contributed by atoms with Gasteiger partial charge in [-0.3, -0.25) is 9.05 Å². The third-order valence-corrected chi connectivity index (χ3v) is 17.9. The van der Waals surface area contributed by atoms with Crippen molar-refractivity contribution in [1.29, 1.82) is 0 Å². The highest BCUT2D eigenvalue weighted by Crippen LogP contribution is 2.88. The fourth-order valence-electron chi connectivity index (χ4n) is 6.52. The minimum Gasteiger partial charge on any atom is -0.424 e. The molecule has 4 aliphatic rings. The van der Waals surface area contributed by atoms with Crippen LogP contribution in [0.1, 0.15) is 23.3 Å². The van der Waals surface area contributed by atoms with Crippen molar-refractivity contribution >= 4 is 45.8 Å². The molecule has 0 amide bonds. The maximum atomic E-state index is 7.18. The first-order chi connectivity index (χ1) is 24.6. The number of hydrogen-bond acceptors (Lipinski definition) is 11. The standard InChI is InChI=1S/C36H28N7O4P3/c1-3-15-27(16-4-1)35-36(28-17-5-2-6-18-28)47-50(46-35)40-48(42(33-23-11-13-25-37-33)29-19-7-9-21-31(29)44-48)39-49(41-50)43(34-24-12-14-26-38-34)30-20-8-10-22-32(30)45-49/h1-26,35-36H/t35-,36-,48+,49+/m1/s1. The summed E-state index contributed by atoms with van der Waals surface area (Å²) in [5.74, 6) is 2.49. The molecular formula is C36H28N7O4P3. The molecule has 4 atom stereocenters. The van der Waals surface area contributed by atoms with Gasteiger partial charge in [-0.05, 0) is 59.7 Å². The number of benzene rings is 4. The van der Waals surface area contributed by atoms with Crippen LogP contribution in [0.2, 0.25) is 0 Å². The maximum absolute atomic E-state index is 7.18. The first kappa shape index (κ1) is 29.9. The van der Waals surface area contributed by atoms with Crippen molar-refractivity contribution in [3.63, 3.8) is 0 Å². The Hall–Kier alpha value is -5.01. The molecule has 11 nitrogen and oxygen atoms in total. The van der Waals surface area contributed by atoms with E-state index in [9.17, 15) is 0 Å². The summed E-state index contributed by atoms with van der Waals surface area (Å²) in [4.78, 5) is 9.56. The SMILES string of the molecule is c1ccc([C@H]2OP3(=N[P@]4(=N[P@@]5(=N3)Oc3ccccc3N5c3ccccn3)Oc3ccccc3N4c3ccccn3)O[C@@H]2c2ccccc2)cc1. The number of pyridine rings is 2. The molecule has 0 N–H and O–H groups in total. The summed E-state index contributed by atoms with van der Waals surface area (Å²) in [6.45, 7) is 0. The van der Waals surface area contributed by atoms with Gasteiger partial charge in [-0.2, -0.15) is 0 Å². The van der Waals surface area contributed by atoms with Gasteiger partial charge in [-0.1, -0.05) is 97.1 Å². The van der Waals surface area contributed by atoms with Crippen molar-refractivity contribution in [2.24, 2.45) is 13.5 Å². The third-order valence-electron chi connectivity index (χ3n) is 8.61. The fourth-order valence-corrected chi connectivity index (χ4v) is 17.8. The minimum absolute atomic E-state index is 0.529. The number of anilines is 4. The van der Waals surface area contributed by atoms with Crippen LogP contribution >= 0.6 is 22.8 Å². The van der Waals surface area contributed by atoms with Gasteiger partial charge in [0.15, 0.2) is 11.5 Å². The summed E-state index contributed by atoms with van der Waals surface area (Å²) in [5, 5.41) is 0. The van der Waals surface area contributed by atoms with Crippen LogP contribution in [0.15, 0.2) is 172 Å². The molecule has 14 heteroatoms. The van der Waals surface area contributed by atoms with Gasteiger partial charge in [0.25, 0.3) is 0 Å². The minimum atomic E-state index is -3.62. The first-order valence-corrected chi connectivity index (χ1v) is 20.7. The molecule has 0 aliphatic carbocycles. The lowest BCUT2D eigenvalue weighted by molar-refractivity contribution is 0.159. The molecule has 4 aliphatic heterocycles. The van der Waals surface area contributed by atoms with E-state index in [2.05, 4.69) is 0 Å². The second kappa shape index (κ2) is 11.5. The molecule has 6 heterocycles. The van der Waals surface area contributed by atoms with Gasteiger partial charge in [-0.25, -0.2) is 19.3 Å². The van der Waals surface area contributed by atoms with Crippen LogP contribution in [0.4, 0.5) is 23.0 Å². The molecule has 0 bridgehead atoms. The van der Waals surface area contributed by atoms with Gasteiger partial charge in [0, 0.05) is 12.4 Å². The Kier molecular flexibility index (Phi) is 6.88. The molecule has 6 aromatic rings. The van der Waals surface area contributed by atoms with E-state index in [-0.39, 0.29) is 0 Å². The Morgan fingerprint density at radius 2 is 0.880 bits per heavy atom. The number of para-hydroxylation sites is 4. The second-order valence-electron chi connectivity index (χ2n) is 11.8. The summed E-state index contributed by atoms with van der Waals surface area (Å²) in [6.07, 6.45) is 2.44. The van der Waals surface area contributed by atoms with Gasteiger partial charge in [0.05, 0.1) is 11.4 Å². The molecule has 2 aromatic heterocycles. The number of hydrogen-bond donors (Lipinski definition) is 0. The first-order valence-electron chi connectivity index (χ1n) is 16.0. The maximum Gasteiger partial charge on any atom is 0.370 e. The van der Waals surface area contributed by atoms with Crippen LogP contribution in [0.5, 0.6) is 11.5 Å². The van der Waals surface area contributed by atoms with Gasteiger partial charge in [-0.15, -0.1) is 13.5 Å². The molecule has 3 spiro atoms. The Bertz CT molecular complexity index is 2270. The number of aromatic nitrogens is 2. The van der Waals surface area contributed by atoms with Crippen molar-refractivity contribution in [3.05, 3.63) is 169 Å². The van der Waals surface area contributed by atoms with Gasteiger partial charge in [0.2, 0.25) is 0 Å². The molecule has 50 heavy (non-hydrogen) atoms. The van der Waals surface area contributed by atoms with E-state index < -0.39 is 35.0 Å². The highest BCUT2D eigenvalue weighted by Gasteiger charge is 2.58. The van der Waals surface area contributed by atoms with Crippen LogP contribution in [-0.4, -0.2) is 9.97 Å². The van der Waals surface area contributed by atoms with Crippen LogP contribution in [0.25, 0.3) is 0 Å². The third kappa shape index (κ3) is 4.70. The van der Waals surface area contributed by atoms with Crippen LogP contribution < -0.4 is 18.4 Å². The van der Waals surface area contributed by atoms with Crippen LogP contribution in [-0.2, 0) is 9.05 Å². The van der Waals surface area contributed by atoms with Crippen molar-refractivity contribution in [2.75, 3.05) is 9.34 Å². The van der Waals surface area contributed by atoms with Crippen LogP contribution in [0.3, 0.4) is 0 Å². The van der Waals surface area contributed by atoms with Crippen molar-refractivity contribution in [2.45, 2.75) is 12.2 Å². The predicted molar refractivity (Wildman–Crippen MR) is 195 cm³/mol. The van der Waals surface area contributed by atoms with Gasteiger partial charge in [0.1, 0.15) is 23.8 Å². The highest BCUT2D eigenvalue weighted by atomic mass is 31.3. The van der Waals surface area contributed by atoms with Gasteiger partial charge < -0.3 is 9.05 Å². The predicted octanol–water partition coefficient (Wildman–Crippen LogP) is 11.6. The lowest BCUT2D eigenvalue weighted by Gasteiger charge is -2.34. The molecule has 10 rings (SSSR count). The highest BCUT2D eigenvalue weighted by molar-refractivity contribution is 7.83. The van der Waals surface area contributed by atoms with E-state index in [4.69, 9.17) is 41.6 Å². The zero-order valence-electron chi connectivity index (χ0n) is 26.3. The number of fused-ring (bicyclic) bond motifs is 2. The van der Waals surface area contributed by atoms with Crippen LogP contribution in [0, 0.1) is 0 Å². The fraction of sp³-hybridized carbons (Fsp3) is 0.0556. The van der Waals surface area contributed by atoms with E-state index in [1.165, 1.54) is 0 Å². The van der Waals surface area contributed by atoms with Crippen molar-refractivity contribution < 1.29 is 18.1 Å². The second-order valence-corrected chi connectivity index (χ2v) is 18.5. The van der Waals surface area contributed by atoms with E-state index in [0.717, 1.165) is 22.5 Å². The molecular weight excluding hydrogens is 687 g/mol. The Morgan fingerprint density at radius 1 is 0.440 bits per heavy atom. The molecule has 1 fully saturated rings. The molecule has 4 aromatic carbocycles. The number of rotatable bonds is 4. The van der Waals surface area contributed by atoms with E-state index in [1.54, 1.807) is 12.4 Å². The summed E-state index contributed by atoms with van der Waals surface area (Å²) >= 11 is 0. The molecule has 1 saturated heterocycles. The quantitative estimate of drug-likeness (QED) is 0.166. The summed E-state index contributed by atoms with van der Waals surface area (Å²) < 4.78 is 48.9.